The molecule has 94 valence electrons. The van der Waals surface area contributed by atoms with Crippen LogP contribution in [0, 0.1) is 0 Å². The van der Waals surface area contributed by atoms with Gasteiger partial charge in [-0.15, -0.1) is 10.2 Å². The highest BCUT2D eigenvalue weighted by atomic mass is 15.6. The summed E-state index contributed by atoms with van der Waals surface area (Å²) in [6, 6.07) is 1.07. The Hall–Kier alpha value is -0.970. The standard InChI is InChI=1S/C12H21N5/c1-2-7-11(6-1)17-15-12(14-16-17)9-10-5-3-4-8-13-10/h10-11,13H,1-9H2. The number of nitrogens with one attached hydrogen (secondary N) is 1. The lowest BCUT2D eigenvalue weighted by molar-refractivity contribution is 0.387. The molecule has 17 heavy (non-hydrogen) atoms. The van der Waals surface area contributed by atoms with Crippen LogP contribution in [0.15, 0.2) is 0 Å². The van der Waals surface area contributed by atoms with E-state index in [1.54, 1.807) is 0 Å². The molecule has 1 aromatic rings. The Bertz CT molecular complexity index is 350. The Morgan fingerprint density at radius 3 is 2.71 bits per heavy atom. The second-order valence-corrected chi connectivity index (χ2v) is 5.32. The molecule has 1 aromatic heterocycles. The molecule has 0 spiro atoms. The van der Waals surface area contributed by atoms with Crippen molar-refractivity contribution in [3.8, 4) is 0 Å². The number of hydrogen-bond donors (Lipinski definition) is 1. The van der Waals surface area contributed by atoms with Crippen molar-refractivity contribution in [2.75, 3.05) is 6.54 Å². The molecule has 1 atom stereocenters. The molecule has 0 aromatic carbocycles. The van der Waals surface area contributed by atoms with Crippen LogP contribution in [0.3, 0.4) is 0 Å². The van der Waals surface area contributed by atoms with Crippen molar-refractivity contribution in [1.29, 1.82) is 0 Å². The maximum Gasteiger partial charge on any atom is 0.176 e. The van der Waals surface area contributed by atoms with Gasteiger partial charge in [0.25, 0.3) is 0 Å². The summed E-state index contributed by atoms with van der Waals surface area (Å²) in [5.41, 5.74) is 0. The third-order valence-electron chi connectivity index (χ3n) is 3.96. The van der Waals surface area contributed by atoms with E-state index in [0.717, 1.165) is 18.8 Å². The van der Waals surface area contributed by atoms with Gasteiger partial charge < -0.3 is 5.32 Å². The number of rotatable bonds is 3. The number of tetrazole rings is 1. The van der Waals surface area contributed by atoms with E-state index in [0.29, 0.717) is 12.1 Å². The summed E-state index contributed by atoms with van der Waals surface area (Å²) >= 11 is 0. The first kappa shape index (κ1) is 11.1. The van der Waals surface area contributed by atoms with Crippen LogP contribution >= 0.6 is 0 Å². The zero-order chi connectivity index (χ0) is 11.5. The zero-order valence-electron chi connectivity index (χ0n) is 10.3. The van der Waals surface area contributed by atoms with Crippen LogP contribution in [0.4, 0.5) is 0 Å². The summed E-state index contributed by atoms with van der Waals surface area (Å²) in [7, 11) is 0. The summed E-state index contributed by atoms with van der Waals surface area (Å²) in [5.74, 6) is 0.913. The molecule has 3 rings (SSSR count). The predicted octanol–water partition coefficient (Wildman–Crippen LogP) is 1.47. The molecule has 1 unspecified atom stereocenters. The van der Waals surface area contributed by atoms with Gasteiger partial charge in [-0.25, -0.2) is 0 Å². The van der Waals surface area contributed by atoms with Gasteiger partial charge in [0.1, 0.15) is 0 Å². The molecule has 1 aliphatic carbocycles. The fourth-order valence-corrected chi connectivity index (χ4v) is 2.95. The lowest BCUT2D eigenvalue weighted by Crippen LogP contribution is -2.35. The van der Waals surface area contributed by atoms with Gasteiger partial charge in [0.2, 0.25) is 0 Å². The summed E-state index contributed by atoms with van der Waals surface area (Å²) in [5, 5.41) is 16.5. The van der Waals surface area contributed by atoms with E-state index in [9.17, 15) is 0 Å². The minimum atomic E-state index is 0.510. The molecule has 0 amide bonds. The Kier molecular flexibility index (Phi) is 3.36. The third kappa shape index (κ3) is 2.65. The van der Waals surface area contributed by atoms with Gasteiger partial charge in [0.15, 0.2) is 5.82 Å². The van der Waals surface area contributed by atoms with E-state index in [2.05, 4.69) is 20.7 Å². The number of aromatic nitrogens is 4. The summed E-state index contributed by atoms with van der Waals surface area (Å²) in [4.78, 5) is 1.85. The van der Waals surface area contributed by atoms with Crippen LogP contribution in [0.25, 0.3) is 0 Å². The molecule has 0 bridgehead atoms. The van der Waals surface area contributed by atoms with Crippen molar-refractivity contribution in [2.24, 2.45) is 0 Å². The summed E-state index contributed by atoms with van der Waals surface area (Å²) in [6.45, 7) is 1.14. The SMILES string of the molecule is C1CCC(Cc2nnn(C3CCCC3)n2)NC1. The van der Waals surface area contributed by atoms with E-state index in [4.69, 9.17) is 0 Å². The average molecular weight is 235 g/mol. The van der Waals surface area contributed by atoms with E-state index < -0.39 is 0 Å². The normalized spacial score (nSPS) is 26.5. The van der Waals surface area contributed by atoms with E-state index in [1.165, 1.54) is 44.9 Å². The molecule has 1 saturated carbocycles. The molecule has 5 nitrogen and oxygen atoms in total. The highest BCUT2D eigenvalue weighted by Crippen LogP contribution is 2.27. The van der Waals surface area contributed by atoms with Crippen molar-refractivity contribution >= 4 is 0 Å². The molecule has 1 aliphatic heterocycles. The minimum Gasteiger partial charge on any atom is -0.314 e. The van der Waals surface area contributed by atoms with Gasteiger partial charge in [-0.05, 0) is 37.4 Å². The molecular weight excluding hydrogens is 214 g/mol. The highest BCUT2D eigenvalue weighted by molar-refractivity contribution is 4.87. The van der Waals surface area contributed by atoms with Crippen LogP contribution in [-0.2, 0) is 6.42 Å². The van der Waals surface area contributed by atoms with Crippen molar-refractivity contribution in [3.05, 3.63) is 5.82 Å². The Morgan fingerprint density at radius 2 is 1.94 bits per heavy atom. The molecule has 1 saturated heterocycles. The number of nitrogens with zero attached hydrogens (tertiary/aromatic N) is 4. The average Bonchev–Trinajstić information content (AvgIpc) is 3.00. The van der Waals surface area contributed by atoms with Crippen LogP contribution in [-0.4, -0.2) is 32.8 Å². The fraction of sp³-hybridized carbons (Fsp3) is 0.917. The van der Waals surface area contributed by atoms with E-state index in [-0.39, 0.29) is 0 Å². The smallest absolute Gasteiger partial charge is 0.176 e. The van der Waals surface area contributed by atoms with Gasteiger partial charge in [-0.1, -0.05) is 19.3 Å². The Labute approximate surface area is 102 Å². The number of hydrogen-bond acceptors (Lipinski definition) is 4. The minimum absolute atomic E-state index is 0.510. The highest BCUT2D eigenvalue weighted by Gasteiger charge is 2.21. The first-order chi connectivity index (χ1) is 8.42. The van der Waals surface area contributed by atoms with E-state index >= 15 is 0 Å². The molecule has 5 heteroatoms. The van der Waals surface area contributed by atoms with Gasteiger partial charge in [0.05, 0.1) is 6.04 Å². The van der Waals surface area contributed by atoms with Gasteiger partial charge in [0, 0.05) is 12.5 Å². The Balaban J connectivity index is 1.59. The van der Waals surface area contributed by atoms with Crippen LogP contribution in [0.5, 0.6) is 0 Å². The zero-order valence-corrected chi connectivity index (χ0v) is 10.3. The van der Waals surface area contributed by atoms with Gasteiger partial charge in [-0.2, -0.15) is 4.80 Å². The maximum absolute atomic E-state index is 4.54. The van der Waals surface area contributed by atoms with Gasteiger partial charge >= 0.3 is 0 Å². The molecule has 1 N–H and O–H groups in total. The predicted molar refractivity (Wildman–Crippen MR) is 64.7 cm³/mol. The van der Waals surface area contributed by atoms with Crippen LogP contribution in [0.2, 0.25) is 0 Å². The topological polar surface area (TPSA) is 55.6 Å². The quantitative estimate of drug-likeness (QED) is 0.862. The third-order valence-corrected chi connectivity index (χ3v) is 3.96. The first-order valence-electron chi connectivity index (χ1n) is 6.93. The largest absolute Gasteiger partial charge is 0.314 e. The van der Waals surface area contributed by atoms with Crippen molar-refractivity contribution in [1.82, 2.24) is 25.5 Å². The second-order valence-electron chi connectivity index (χ2n) is 5.32. The summed E-state index contributed by atoms with van der Waals surface area (Å²) < 4.78 is 0. The lowest BCUT2D eigenvalue weighted by Gasteiger charge is -2.21. The molecule has 2 aliphatic rings. The molecular formula is C12H21N5. The van der Waals surface area contributed by atoms with Crippen molar-refractivity contribution in [3.63, 3.8) is 0 Å². The first-order valence-corrected chi connectivity index (χ1v) is 6.93. The Morgan fingerprint density at radius 1 is 1.12 bits per heavy atom. The van der Waals surface area contributed by atoms with Crippen LogP contribution < -0.4 is 5.32 Å². The van der Waals surface area contributed by atoms with Crippen molar-refractivity contribution in [2.45, 2.75) is 63.5 Å². The number of piperidine rings is 1. The molecule has 2 fully saturated rings. The maximum atomic E-state index is 4.54. The monoisotopic (exact) mass is 235 g/mol. The van der Waals surface area contributed by atoms with Gasteiger partial charge in [-0.3, -0.25) is 0 Å². The van der Waals surface area contributed by atoms with E-state index in [1.807, 2.05) is 4.80 Å². The lowest BCUT2D eigenvalue weighted by atomic mass is 10.0. The summed E-state index contributed by atoms with van der Waals surface area (Å²) in [6.07, 6.45) is 9.88. The molecule has 0 radical (unpaired) electrons. The fourth-order valence-electron chi connectivity index (χ4n) is 2.95. The van der Waals surface area contributed by atoms with Crippen LogP contribution in [0.1, 0.15) is 56.8 Å². The van der Waals surface area contributed by atoms with Crippen molar-refractivity contribution < 1.29 is 0 Å². The second kappa shape index (κ2) is 5.12. The molecule has 2 heterocycles.